The molecular formula is C14H17NO3S2. The van der Waals surface area contributed by atoms with Gasteiger partial charge in [-0.15, -0.1) is 23.1 Å². The van der Waals surface area contributed by atoms with E-state index in [1.54, 1.807) is 19.1 Å². The van der Waals surface area contributed by atoms with Gasteiger partial charge >= 0.3 is 0 Å². The van der Waals surface area contributed by atoms with Gasteiger partial charge in [-0.2, -0.15) is 0 Å². The molecule has 0 aliphatic carbocycles. The third-order valence-corrected chi connectivity index (χ3v) is 4.74. The number of carbonyl (C=O) groups is 1. The van der Waals surface area contributed by atoms with E-state index in [0.717, 1.165) is 10.7 Å². The van der Waals surface area contributed by atoms with E-state index in [0.29, 0.717) is 10.6 Å². The zero-order valence-corrected chi connectivity index (χ0v) is 13.2. The highest BCUT2D eigenvalue weighted by atomic mass is 32.2. The molecule has 0 saturated heterocycles. The lowest BCUT2D eigenvalue weighted by molar-refractivity contribution is 0.0323. The number of nitrogens with one attached hydrogen (secondary N) is 1. The van der Waals surface area contributed by atoms with E-state index in [4.69, 9.17) is 4.42 Å². The quantitative estimate of drug-likeness (QED) is 0.833. The predicted octanol–water partition coefficient (Wildman–Crippen LogP) is 3.01. The Morgan fingerprint density at radius 2 is 2.25 bits per heavy atom. The summed E-state index contributed by atoms with van der Waals surface area (Å²) in [5.41, 5.74) is -1.22. The first-order valence-corrected chi connectivity index (χ1v) is 8.23. The van der Waals surface area contributed by atoms with Gasteiger partial charge in [0.25, 0.3) is 5.91 Å². The van der Waals surface area contributed by atoms with Crippen LogP contribution in [-0.2, 0) is 5.60 Å². The van der Waals surface area contributed by atoms with Crippen LogP contribution in [0.15, 0.2) is 32.9 Å². The van der Waals surface area contributed by atoms with E-state index in [1.807, 2.05) is 24.6 Å². The van der Waals surface area contributed by atoms with E-state index in [9.17, 15) is 9.90 Å². The maximum absolute atomic E-state index is 12.1. The first-order chi connectivity index (χ1) is 9.44. The van der Waals surface area contributed by atoms with Crippen LogP contribution in [0.25, 0.3) is 0 Å². The minimum absolute atomic E-state index is 0.102. The van der Waals surface area contributed by atoms with Crippen molar-refractivity contribution in [2.75, 3.05) is 12.8 Å². The molecule has 0 bridgehead atoms. The molecule has 0 saturated carbocycles. The van der Waals surface area contributed by atoms with Gasteiger partial charge in [0.05, 0.1) is 6.54 Å². The molecule has 6 heteroatoms. The second kappa shape index (κ2) is 6.03. The summed E-state index contributed by atoms with van der Waals surface area (Å²) in [5.74, 6) is 1.01. The van der Waals surface area contributed by atoms with Gasteiger partial charge in [-0.3, -0.25) is 4.79 Å². The summed E-state index contributed by atoms with van der Waals surface area (Å²) in [6.07, 6.45) is 1.93. The summed E-state index contributed by atoms with van der Waals surface area (Å²) in [7, 11) is 0. The molecule has 20 heavy (non-hydrogen) atoms. The van der Waals surface area contributed by atoms with Crippen molar-refractivity contribution < 1.29 is 14.3 Å². The smallest absolute Gasteiger partial charge is 0.262 e. The van der Waals surface area contributed by atoms with Gasteiger partial charge in [-0.1, -0.05) is 0 Å². The van der Waals surface area contributed by atoms with Gasteiger partial charge in [0.2, 0.25) is 0 Å². The maximum Gasteiger partial charge on any atom is 0.262 e. The number of thioether (sulfide) groups is 1. The number of rotatable bonds is 5. The minimum Gasteiger partial charge on any atom is -0.463 e. The molecule has 2 N–H and O–H groups in total. The Morgan fingerprint density at radius 3 is 2.85 bits per heavy atom. The first-order valence-electron chi connectivity index (χ1n) is 6.13. The van der Waals surface area contributed by atoms with Crippen molar-refractivity contribution in [1.29, 1.82) is 0 Å². The van der Waals surface area contributed by atoms with Crippen molar-refractivity contribution in [3.8, 4) is 0 Å². The van der Waals surface area contributed by atoms with E-state index >= 15 is 0 Å². The van der Waals surface area contributed by atoms with E-state index in [2.05, 4.69) is 5.32 Å². The van der Waals surface area contributed by atoms with Crippen LogP contribution in [0.4, 0.5) is 0 Å². The van der Waals surface area contributed by atoms with Crippen LogP contribution in [0.5, 0.6) is 0 Å². The van der Waals surface area contributed by atoms with Crippen LogP contribution < -0.4 is 5.32 Å². The number of carbonyl (C=O) groups excluding carboxylic acids is 1. The van der Waals surface area contributed by atoms with Crippen LogP contribution >= 0.6 is 23.1 Å². The number of thiophene rings is 1. The van der Waals surface area contributed by atoms with E-state index < -0.39 is 5.60 Å². The monoisotopic (exact) mass is 311 g/mol. The largest absolute Gasteiger partial charge is 0.463 e. The zero-order chi connectivity index (χ0) is 14.8. The summed E-state index contributed by atoms with van der Waals surface area (Å²) in [4.78, 5) is 13.7. The number of amides is 1. The molecule has 2 aromatic heterocycles. The molecule has 1 atom stereocenters. The molecule has 2 rings (SSSR count). The van der Waals surface area contributed by atoms with E-state index in [1.165, 1.54) is 23.1 Å². The zero-order valence-electron chi connectivity index (χ0n) is 11.6. The molecule has 0 aliphatic rings. The SMILES string of the molecule is CSc1ccsc1C(=O)NCC(C)(O)c1ccc(C)o1. The molecule has 2 heterocycles. The Hall–Kier alpha value is -1.24. The Labute approximate surface area is 126 Å². The highest BCUT2D eigenvalue weighted by Crippen LogP contribution is 2.26. The second-order valence-corrected chi connectivity index (χ2v) is 6.45. The van der Waals surface area contributed by atoms with Crippen LogP contribution in [0.3, 0.4) is 0 Å². The van der Waals surface area contributed by atoms with Crippen LogP contribution in [0.2, 0.25) is 0 Å². The average Bonchev–Trinajstić information content (AvgIpc) is 3.04. The summed E-state index contributed by atoms with van der Waals surface area (Å²) in [6.45, 7) is 3.54. The van der Waals surface area contributed by atoms with Crippen molar-refractivity contribution in [3.63, 3.8) is 0 Å². The molecule has 1 amide bonds. The lowest BCUT2D eigenvalue weighted by Gasteiger charge is -2.21. The fourth-order valence-corrected chi connectivity index (χ4v) is 3.43. The Kier molecular flexibility index (Phi) is 4.57. The van der Waals surface area contributed by atoms with E-state index in [-0.39, 0.29) is 12.5 Å². The lowest BCUT2D eigenvalue weighted by atomic mass is 10.0. The van der Waals surface area contributed by atoms with Crippen LogP contribution in [0, 0.1) is 6.92 Å². The van der Waals surface area contributed by atoms with Gasteiger partial charge in [0.1, 0.15) is 22.0 Å². The van der Waals surface area contributed by atoms with Crippen molar-refractivity contribution in [1.82, 2.24) is 5.32 Å². The second-order valence-electron chi connectivity index (χ2n) is 4.68. The number of furan rings is 1. The van der Waals surface area contributed by atoms with Crippen LogP contribution in [-0.4, -0.2) is 23.8 Å². The third kappa shape index (κ3) is 3.26. The van der Waals surface area contributed by atoms with Gasteiger partial charge in [0.15, 0.2) is 0 Å². The van der Waals surface area contributed by atoms with Gasteiger partial charge in [-0.25, -0.2) is 0 Å². The minimum atomic E-state index is -1.22. The molecule has 0 fully saturated rings. The number of hydrogen-bond acceptors (Lipinski definition) is 5. The molecule has 2 aromatic rings. The first kappa shape index (κ1) is 15.2. The molecule has 4 nitrogen and oxygen atoms in total. The molecule has 0 radical (unpaired) electrons. The summed E-state index contributed by atoms with van der Waals surface area (Å²) in [6, 6.07) is 5.43. The average molecular weight is 311 g/mol. The van der Waals surface area contributed by atoms with Gasteiger partial charge in [-0.05, 0) is 43.7 Å². The topological polar surface area (TPSA) is 62.5 Å². The van der Waals surface area contributed by atoms with Crippen molar-refractivity contribution in [3.05, 3.63) is 40.0 Å². The Morgan fingerprint density at radius 1 is 1.50 bits per heavy atom. The molecule has 108 valence electrons. The van der Waals surface area contributed by atoms with Gasteiger partial charge in [0, 0.05) is 4.90 Å². The molecule has 0 aliphatic heterocycles. The van der Waals surface area contributed by atoms with Crippen molar-refractivity contribution in [2.45, 2.75) is 24.3 Å². The summed E-state index contributed by atoms with van der Waals surface area (Å²) in [5, 5.41) is 15.0. The van der Waals surface area contributed by atoms with Gasteiger partial charge < -0.3 is 14.8 Å². The number of aliphatic hydroxyl groups is 1. The Bertz CT molecular complexity index is 601. The van der Waals surface area contributed by atoms with Crippen molar-refractivity contribution >= 4 is 29.0 Å². The number of aryl methyl sites for hydroxylation is 1. The normalized spacial score (nSPS) is 14.0. The van der Waals surface area contributed by atoms with Crippen molar-refractivity contribution in [2.24, 2.45) is 0 Å². The highest BCUT2D eigenvalue weighted by molar-refractivity contribution is 7.98. The molecule has 1 unspecified atom stereocenters. The molecule has 0 spiro atoms. The van der Waals surface area contributed by atoms with Crippen LogP contribution in [0.1, 0.15) is 28.1 Å². The maximum atomic E-state index is 12.1. The molecular weight excluding hydrogens is 294 g/mol. The number of hydrogen-bond donors (Lipinski definition) is 2. The standard InChI is InChI=1S/C14H17NO3S2/c1-9-4-5-11(18-9)14(2,17)8-15-13(16)12-10(19-3)6-7-20-12/h4-7,17H,8H2,1-3H3,(H,15,16). The fraction of sp³-hybridized carbons (Fsp3) is 0.357. The summed E-state index contributed by atoms with van der Waals surface area (Å²) < 4.78 is 5.41. The molecule has 0 aromatic carbocycles. The predicted molar refractivity (Wildman–Crippen MR) is 81.4 cm³/mol. The Balaban J connectivity index is 2.03. The summed E-state index contributed by atoms with van der Waals surface area (Å²) >= 11 is 2.93. The fourth-order valence-electron chi connectivity index (χ4n) is 1.77. The highest BCUT2D eigenvalue weighted by Gasteiger charge is 2.28. The third-order valence-electron chi connectivity index (χ3n) is 2.92. The lowest BCUT2D eigenvalue weighted by Crippen LogP contribution is -2.38.